The van der Waals surface area contributed by atoms with Gasteiger partial charge >= 0.3 is 0 Å². The van der Waals surface area contributed by atoms with Gasteiger partial charge in [-0.15, -0.1) is 23.5 Å². The summed E-state index contributed by atoms with van der Waals surface area (Å²) < 4.78 is 0. The minimum atomic E-state index is 0.0876. The van der Waals surface area contributed by atoms with Crippen molar-refractivity contribution < 1.29 is 4.79 Å². The summed E-state index contributed by atoms with van der Waals surface area (Å²) in [4.78, 5) is 14.5. The zero-order chi connectivity index (χ0) is 17.8. The number of ketones is 1. The molecular formula is C22H20OS2. The molecule has 0 aliphatic carbocycles. The van der Waals surface area contributed by atoms with E-state index < -0.39 is 0 Å². The predicted molar refractivity (Wildman–Crippen MR) is 111 cm³/mol. The van der Waals surface area contributed by atoms with E-state index in [1.165, 1.54) is 9.79 Å². The Bertz CT molecular complexity index is 815. The van der Waals surface area contributed by atoms with Gasteiger partial charge in [0.05, 0.1) is 0 Å². The van der Waals surface area contributed by atoms with Crippen molar-refractivity contribution in [2.75, 3.05) is 12.5 Å². The number of Topliss-reactive ketones (excluding diaryl/α,β-unsaturated/α-hetero) is 1. The van der Waals surface area contributed by atoms with Crippen molar-refractivity contribution in [1.29, 1.82) is 0 Å². The Morgan fingerprint density at radius 2 is 1.04 bits per heavy atom. The molecule has 3 rings (SSSR count). The first-order chi connectivity index (χ1) is 12.1. The molecule has 3 aromatic carbocycles. The molecule has 0 bridgehead atoms. The largest absolute Gasteiger partial charge is 0.295 e. The van der Waals surface area contributed by atoms with Gasteiger partial charge in [-0.05, 0) is 84.2 Å². The van der Waals surface area contributed by atoms with Crippen molar-refractivity contribution >= 4 is 29.3 Å². The molecular weight excluding hydrogens is 344 g/mol. The maximum atomic E-state index is 12.0. The third-order valence-electron chi connectivity index (χ3n) is 4.19. The summed E-state index contributed by atoms with van der Waals surface area (Å²) in [7, 11) is 0. The van der Waals surface area contributed by atoms with Gasteiger partial charge in [-0.1, -0.05) is 24.3 Å². The fourth-order valence-electron chi connectivity index (χ4n) is 2.73. The van der Waals surface area contributed by atoms with E-state index >= 15 is 0 Å². The summed E-state index contributed by atoms with van der Waals surface area (Å²) in [6, 6.07) is 23.1. The number of benzene rings is 3. The molecule has 0 heterocycles. The fraction of sp³-hybridized carbons (Fsp3) is 0.136. The first-order valence-corrected chi connectivity index (χ1v) is 10.5. The average molecular weight is 365 g/mol. The Balaban J connectivity index is 2.08. The quantitative estimate of drug-likeness (QED) is 0.372. The predicted octanol–water partition coefficient (Wildman–Crippen LogP) is 6.67. The first kappa shape index (κ1) is 17.8. The lowest BCUT2D eigenvalue weighted by Gasteiger charge is -2.10. The second-order valence-electron chi connectivity index (χ2n) is 5.81. The maximum absolute atomic E-state index is 12.0. The molecule has 0 fully saturated rings. The number of carbonyl (C=O) groups excluding carboxylic acids is 1. The van der Waals surface area contributed by atoms with E-state index in [1.807, 2.05) is 12.1 Å². The van der Waals surface area contributed by atoms with E-state index in [2.05, 4.69) is 67.1 Å². The molecule has 3 heteroatoms. The molecule has 0 radical (unpaired) electrons. The van der Waals surface area contributed by atoms with Crippen LogP contribution in [0.2, 0.25) is 0 Å². The molecule has 3 aromatic rings. The van der Waals surface area contributed by atoms with Crippen molar-refractivity contribution in [1.82, 2.24) is 0 Å². The molecule has 0 aromatic heterocycles. The molecule has 0 spiro atoms. The molecule has 0 unspecified atom stereocenters. The molecule has 0 amide bonds. The summed E-state index contributed by atoms with van der Waals surface area (Å²) in [6.45, 7) is 1.62. The van der Waals surface area contributed by atoms with Crippen LogP contribution in [0.1, 0.15) is 17.3 Å². The monoisotopic (exact) mass is 364 g/mol. The van der Waals surface area contributed by atoms with Gasteiger partial charge in [0.25, 0.3) is 0 Å². The SMILES string of the molecule is CSc1ccc(-c2cc(C(C)=O)cc(-c3ccc(SC)cc3)c2)cc1. The summed E-state index contributed by atoms with van der Waals surface area (Å²) in [5.41, 5.74) is 5.15. The highest BCUT2D eigenvalue weighted by Gasteiger charge is 2.08. The van der Waals surface area contributed by atoms with Gasteiger partial charge in [0.15, 0.2) is 5.78 Å². The summed E-state index contributed by atoms with van der Waals surface area (Å²) in [5.74, 6) is 0.0876. The minimum absolute atomic E-state index is 0.0876. The Morgan fingerprint density at radius 1 is 0.640 bits per heavy atom. The van der Waals surface area contributed by atoms with E-state index in [1.54, 1.807) is 30.4 Å². The van der Waals surface area contributed by atoms with Gasteiger partial charge < -0.3 is 0 Å². The molecule has 0 aliphatic rings. The van der Waals surface area contributed by atoms with Crippen LogP contribution in [0.25, 0.3) is 22.3 Å². The molecule has 0 aliphatic heterocycles. The number of hydrogen-bond donors (Lipinski definition) is 0. The third kappa shape index (κ3) is 4.17. The molecule has 25 heavy (non-hydrogen) atoms. The highest BCUT2D eigenvalue weighted by molar-refractivity contribution is 7.98. The lowest BCUT2D eigenvalue weighted by molar-refractivity contribution is 0.101. The second-order valence-corrected chi connectivity index (χ2v) is 7.57. The zero-order valence-corrected chi connectivity index (χ0v) is 16.2. The number of hydrogen-bond acceptors (Lipinski definition) is 3. The van der Waals surface area contributed by atoms with Gasteiger partial charge in [0.2, 0.25) is 0 Å². The Kier molecular flexibility index (Phi) is 5.67. The average Bonchev–Trinajstić information content (AvgIpc) is 2.67. The third-order valence-corrected chi connectivity index (χ3v) is 5.67. The highest BCUT2D eigenvalue weighted by Crippen LogP contribution is 2.30. The number of carbonyl (C=O) groups is 1. The molecule has 126 valence electrons. The lowest BCUT2D eigenvalue weighted by atomic mass is 9.95. The summed E-state index contributed by atoms with van der Waals surface area (Å²) in [5, 5.41) is 0. The normalized spacial score (nSPS) is 10.7. The van der Waals surface area contributed by atoms with E-state index in [9.17, 15) is 4.79 Å². The zero-order valence-electron chi connectivity index (χ0n) is 14.6. The highest BCUT2D eigenvalue weighted by atomic mass is 32.2. The molecule has 0 saturated carbocycles. The van der Waals surface area contributed by atoms with Crippen LogP contribution >= 0.6 is 23.5 Å². The first-order valence-electron chi connectivity index (χ1n) is 8.05. The Morgan fingerprint density at radius 3 is 1.36 bits per heavy atom. The Labute approximate surface area is 157 Å². The van der Waals surface area contributed by atoms with Gasteiger partial charge in [-0.25, -0.2) is 0 Å². The molecule has 0 atom stereocenters. The van der Waals surface area contributed by atoms with Crippen LogP contribution in [0.15, 0.2) is 76.5 Å². The summed E-state index contributed by atoms with van der Waals surface area (Å²) >= 11 is 3.46. The number of thioether (sulfide) groups is 2. The van der Waals surface area contributed by atoms with Gasteiger partial charge in [-0.2, -0.15) is 0 Å². The van der Waals surface area contributed by atoms with Crippen molar-refractivity contribution in [2.45, 2.75) is 16.7 Å². The Hall–Kier alpha value is -1.97. The van der Waals surface area contributed by atoms with Crippen LogP contribution in [0.5, 0.6) is 0 Å². The van der Waals surface area contributed by atoms with Crippen molar-refractivity contribution in [3.63, 3.8) is 0 Å². The van der Waals surface area contributed by atoms with Gasteiger partial charge in [-0.3, -0.25) is 4.79 Å². The molecule has 0 N–H and O–H groups in total. The van der Waals surface area contributed by atoms with E-state index in [0.29, 0.717) is 0 Å². The van der Waals surface area contributed by atoms with Gasteiger partial charge in [0, 0.05) is 15.4 Å². The van der Waals surface area contributed by atoms with E-state index in [4.69, 9.17) is 0 Å². The lowest BCUT2D eigenvalue weighted by Crippen LogP contribution is -1.94. The van der Waals surface area contributed by atoms with Crippen LogP contribution in [-0.4, -0.2) is 18.3 Å². The van der Waals surface area contributed by atoms with Gasteiger partial charge in [0.1, 0.15) is 0 Å². The van der Waals surface area contributed by atoms with Crippen LogP contribution < -0.4 is 0 Å². The topological polar surface area (TPSA) is 17.1 Å². The smallest absolute Gasteiger partial charge is 0.159 e. The fourth-order valence-corrected chi connectivity index (χ4v) is 3.55. The maximum Gasteiger partial charge on any atom is 0.159 e. The minimum Gasteiger partial charge on any atom is -0.295 e. The van der Waals surface area contributed by atoms with Crippen molar-refractivity contribution in [3.8, 4) is 22.3 Å². The van der Waals surface area contributed by atoms with Crippen LogP contribution in [0, 0.1) is 0 Å². The summed E-state index contributed by atoms with van der Waals surface area (Å²) in [6.07, 6.45) is 4.14. The van der Waals surface area contributed by atoms with Crippen LogP contribution in [0.4, 0.5) is 0 Å². The van der Waals surface area contributed by atoms with Crippen LogP contribution in [0.3, 0.4) is 0 Å². The second kappa shape index (κ2) is 7.94. The van der Waals surface area contributed by atoms with Crippen LogP contribution in [-0.2, 0) is 0 Å². The molecule has 1 nitrogen and oxygen atoms in total. The molecule has 0 saturated heterocycles. The van der Waals surface area contributed by atoms with E-state index in [0.717, 1.165) is 27.8 Å². The van der Waals surface area contributed by atoms with Crippen molar-refractivity contribution in [2.24, 2.45) is 0 Å². The number of rotatable bonds is 5. The van der Waals surface area contributed by atoms with E-state index in [-0.39, 0.29) is 5.78 Å². The van der Waals surface area contributed by atoms with Crippen molar-refractivity contribution in [3.05, 3.63) is 72.3 Å². The standard InChI is InChI=1S/C22H20OS2/c1-15(23)18-12-19(16-4-8-21(24-2)9-5-16)14-20(13-18)17-6-10-22(25-3)11-7-17/h4-14H,1-3H3.